The molecule has 0 saturated heterocycles. The molecule has 3 rings (SSSR count). The molecule has 0 amide bonds. The van der Waals surface area contributed by atoms with Gasteiger partial charge in [0.25, 0.3) is 0 Å². The molecule has 0 unspecified atom stereocenters. The molecule has 0 spiro atoms. The quantitative estimate of drug-likeness (QED) is 0.693. The Labute approximate surface area is 107 Å². The summed E-state index contributed by atoms with van der Waals surface area (Å²) in [6, 6.07) is 7.23. The van der Waals surface area contributed by atoms with Gasteiger partial charge in [0.15, 0.2) is 5.65 Å². The van der Waals surface area contributed by atoms with E-state index in [2.05, 4.69) is 15.1 Å². The first kappa shape index (κ1) is 10.8. The summed E-state index contributed by atoms with van der Waals surface area (Å²) in [4.78, 5) is 8.04. The third kappa shape index (κ3) is 1.63. The topological polar surface area (TPSA) is 95.6 Å². The number of benzene rings is 1. The van der Waals surface area contributed by atoms with Crippen molar-refractivity contribution in [2.75, 3.05) is 11.5 Å². The van der Waals surface area contributed by atoms with E-state index in [1.54, 1.807) is 23.0 Å². The van der Waals surface area contributed by atoms with Gasteiger partial charge in [-0.2, -0.15) is 15.1 Å². The van der Waals surface area contributed by atoms with Crippen LogP contribution in [0, 0.1) is 0 Å². The second-order valence-corrected chi connectivity index (χ2v) is 4.17. The number of hydrogen-bond donors (Lipinski definition) is 2. The van der Waals surface area contributed by atoms with E-state index in [9.17, 15) is 0 Å². The van der Waals surface area contributed by atoms with E-state index in [4.69, 9.17) is 23.1 Å². The molecule has 0 atom stereocenters. The van der Waals surface area contributed by atoms with E-state index < -0.39 is 0 Å². The molecule has 4 N–H and O–H groups in total. The lowest BCUT2D eigenvalue weighted by molar-refractivity contribution is 0.896. The number of anilines is 2. The zero-order valence-electron chi connectivity index (χ0n) is 9.21. The maximum absolute atomic E-state index is 5.85. The molecule has 0 aliphatic rings. The van der Waals surface area contributed by atoms with Crippen molar-refractivity contribution in [1.29, 1.82) is 0 Å². The Morgan fingerprint density at radius 3 is 2.50 bits per heavy atom. The predicted molar refractivity (Wildman–Crippen MR) is 70.5 cm³/mol. The molecule has 0 bridgehead atoms. The summed E-state index contributed by atoms with van der Waals surface area (Å²) < 4.78 is 1.64. The number of nitrogens with two attached hydrogens (primary N) is 2. The van der Waals surface area contributed by atoms with Crippen molar-refractivity contribution in [2.24, 2.45) is 0 Å². The van der Waals surface area contributed by atoms with Crippen LogP contribution in [-0.4, -0.2) is 19.7 Å². The molecule has 0 radical (unpaired) electrons. The van der Waals surface area contributed by atoms with Crippen LogP contribution in [0.2, 0.25) is 5.02 Å². The van der Waals surface area contributed by atoms with Crippen LogP contribution in [0.25, 0.3) is 16.7 Å². The van der Waals surface area contributed by atoms with Crippen molar-refractivity contribution < 1.29 is 0 Å². The fourth-order valence-corrected chi connectivity index (χ4v) is 1.84. The maximum atomic E-state index is 5.85. The molecule has 90 valence electrons. The highest BCUT2D eigenvalue weighted by Crippen LogP contribution is 2.22. The average molecular weight is 261 g/mol. The minimum Gasteiger partial charge on any atom is -0.383 e. The Bertz CT molecular complexity index is 718. The van der Waals surface area contributed by atoms with Crippen LogP contribution in [0.15, 0.2) is 30.5 Å². The fraction of sp³-hybridized carbons (Fsp3) is 0. The van der Waals surface area contributed by atoms with Gasteiger partial charge in [0, 0.05) is 5.02 Å². The third-order valence-electron chi connectivity index (χ3n) is 2.55. The lowest BCUT2D eigenvalue weighted by Crippen LogP contribution is -2.03. The summed E-state index contributed by atoms with van der Waals surface area (Å²) in [5, 5.41) is 5.55. The van der Waals surface area contributed by atoms with Gasteiger partial charge < -0.3 is 11.5 Å². The lowest BCUT2D eigenvalue weighted by Gasteiger charge is -2.03. The summed E-state index contributed by atoms with van der Waals surface area (Å²) in [5.74, 6) is 0.438. The van der Waals surface area contributed by atoms with E-state index in [-0.39, 0.29) is 5.95 Å². The number of halogens is 1. The number of nitrogens with zero attached hydrogens (tertiary/aromatic N) is 4. The van der Waals surface area contributed by atoms with Gasteiger partial charge in [-0.05, 0) is 24.3 Å². The van der Waals surface area contributed by atoms with Crippen LogP contribution in [0.1, 0.15) is 0 Å². The van der Waals surface area contributed by atoms with E-state index in [0.29, 0.717) is 21.9 Å². The first-order chi connectivity index (χ1) is 8.65. The van der Waals surface area contributed by atoms with Crippen LogP contribution < -0.4 is 11.5 Å². The number of nitrogen functional groups attached to an aromatic ring is 2. The lowest BCUT2D eigenvalue weighted by atomic mass is 10.3. The Kier molecular flexibility index (Phi) is 2.31. The maximum Gasteiger partial charge on any atom is 0.224 e. The van der Waals surface area contributed by atoms with Crippen molar-refractivity contribution in [3.05, 3.63) is 35.5 Å². The first-order valence-corrected chi connectivity index (χ1v) is 5.55. The van der Waals surface area contributed by atoms with Gasteiger partial charge >= 0.3 is 0 Å². The normalized spacial score (nSPS) is 10.9. The summed E-state index contributed by atoms with van der Waals surface area (Å²) in [5.41, 5.74) is 12.8. The summed E-state index contributed by atoms with van der Waals surface area (Å²) in [7, 11) is 0. The molecule has 3 aromatic rings. The van der Waals surface area contributed by atoms with Crippen molar-refractivity contribution in [1.82, 2.24) is 19.7 Å². The summed E-state index contributed by atoms with van der Waals surface area (Å²) >= 11 is 5.85. The molecule has 0 saturated carbocycles. The number of hydrogen-bond acceptors (Lipinski definition) is 5. The molecule has 6 nitrogen and oxygen atoms in total. The second kappa shape index (κ2) is 3.85. The Hall–Kier alpha value is -2.34. The number of fused-ring (bicyclic) bond motifs is 1. The van der Waals surface area contributed by atoms with Crippen LogP contribution in [-0.2, 0) is 0 Å². The second-order valence-electron chi connectivity index (χ2n) is 3.74. The van der Waals surface area contributed by atoms with Crippen molar-refractivity contribution >= 4 is 34.4 Å². The van der Waals surface area contributed by atoms with Crippen LogP contribution in [0.3, 0.4) is 0 Å². The largest absolute Gasteiger partial charge is 0.383 e. The number of aromatic nitrogens is 4. The molecule has 18 heavy (non-hydrogen) atoms. The highest BCUT2D eigenvalue weighted by atomic mass is 35.5. The van der Waals surface area contributed by atoms with Gasteiger partial charge in [-0.3, -0.25) is 0 Å². The molecular formula is C11H9ClN6. The minimum atomic E-state index is 0.121. The van der Waals surface area contributed by atoms with Gasteiger partial charge in [0.2, 0.25) is 5.95 Å². The standard InChI is InChI=1S/C11H9ClN6/c12-6-1-3-7(4-2-6)18-10-8(5-15-18)9(13)16-11(14)17-10/h1-5H,(H4,13,14,16,17). The van der Waals surface area contributed by atoms with Gasteiger partial charge in [0.1, 0.15) is 5.82 Å². The zero-order chi connectivity index (χ0) is 12.7. The Morgan fingerprint density at radius 2 is 1.78 bits per heavy atom. The monoisotopic (exact) mass is 260 g/mol. The van der Waals surface area contributed by atoms with E-state index in [0.717, 1.165) is 5.69 Å². The smallest absolute Gasteiger partial charge is 0.224 e. The Balaban J connectivity index is 2.27. The minimum absolute atomic E-state index is 0.121. The Morgan fingerprint density at radius 1 is 1.06 bits per heavy atom. The van der Waals surface area contributed by atoms with Gasteiger partial charge in [-0.15, -0.1) is 0 Å². The number of rotatable bonds is 1. The third-order valence-corrected chi connectivity index (χ3v) is 2.80. The molecular weight excluding hydrogens is 252 g/mol. The molecule has 0 fully saturated rings. The highest BCUT2D eigenvalue weighted by molar-refractivity contribution is 6.30. The predicted octanol–water partition coefficient (Wildman–Crippen LogP) is 1.63. The van der Waals surface area contributed by atoms with Crippen molar-refractivity contribution in [2.45, 2.75) is 0 Å². The van der Waals surface area contributed by atoms with Gasteiger partial charge in [-0.1, -0.05) is 11.6 Å². The van der Waals surface area contributed by atoms with Crippen molar-refractivity contribution in [3.63, 3.8) is 0 Å². The van der Waals surface area contributed by atoms with Crippen LogP contribution in [0.4, 0.5) is 11.8 Å². The molecule has 0 aliphatic heterocycles. The fourth-order valence-electron chi connectivity index (χ4n) is 1.72. The zero-order valence-corrected chi connectivity index (χ0v) is 9.96. The van der Waals surface area contributed by atoms with Crippen LogP contribution in [0.5, 0.6) is 0 Å². The molecule has 2 heterocycles. The van der Waals surface area contributed by atoms with E-state index >= 15 is 0 Å². The SMILES string of the molecule is Nc1nc(N)c2cnn(-c3ccc(Cl)cc3)c2n1. The first-order valence-electron chi connectivity index (χ1n) is 5.18. The molecule has 2 aromatic heterocycles. The average Bonchev–Trinajstić information content (AvgIpc) is 2.74. The van der Waals surface area contributed by atoms with Gasteiger partial charge in [-0.25, -0.2) is 4.68 Å². The molecule has 7 heteroatoms. The summed E-state index contributed by atoms with van der Waals surface area (Å²) in [6.45, 7) is 0. The molecule has 1 aromatic carbocycles. The highest BCUT2D eigenvalue weighted by Gasteiger charge is 2.10. The molecule has 0 aliphatic carbocycles. The summed E-state index contributed by atoms with van der Waals surface area (Å²) in [6.07, 6.45) is 1.61. The van der Waals surface area contributed by atoms with E-state index in [1.807, 2.05) is 12.1 Å². The van der Waals surface area contributed by atoms with Crippen LogP contribution >= 0.6 is 11.6 Å². The van der Waals surface area contributed by atoms with Gasteiger partial charge in [0.05, 0.1) is 17.3 Å². The van der Waals surface area contributed by atoms with E-state index in [1.165, 1.54) is 0 Å². The van der Waals surface area contributed by atoms with Crippen molar-refractivity contribution in [3.8, 4) is 5.69 Å².